The largest absolute Gasteiger partial charge is 0.497 e. The van der Waals surface area contributed by atoms with Gasteiger partial charge in [-0.2, -0.15) is 0 Å². The van der Waals surface area contributed by atoms with Crippen molar-refractivity contribution in [3.8, 4) is 6.26 Å². The molecular weight excluding hydrogens is 262 g/mol. The summed E-state index contributed by atoms with van der Waals surface area (Å²) >= 11 is 0. The summed E-state index contributed by atoms with van der Waals surface area (Å²) in [7, 11) is 0. The molecule has 0 aromatic rings. The molecule has 114 valence electrons. The van der Waals surface area contributed by atoms with Crippen LogP contribution in [-0.2, 0) is 9.47 Å². The number of allylic oxidation sites excluding steroid dienone is 4. The highest BCUT2D eigenvalue weighted by Crippen LogP contribution is 2.42. The van der Waals surface area contributed by atoms with E-state index in [9.17, 15) is 0 Å². The monoisotopic (exact) mass is 287 g/mol. The average molecular weight is 287 g/mol. The van der Waals surface area contributed by atoms with Crippen LogP contribution in [-0.4, -0.2) is 6.61 Å². The van der Waals surface area contributed by atoms with Gasteiger partial charge in [0.05, 0.1) is 6.26 Å². The highest BCUT2D eigenvalue weighted by molar-refractivity contribution is 5.21. The molecule has 2 atom stereocenters. The van der Waals surface area contributed by atoms with Crippen LogP contribution in [0.1, 0.15) is 33.6 Å². The van der Waals surface area contributed by atoms with Crippen LogP contribution in [0.15, 0.2) is 49.0 Å². The summed E-state index contributed by atoms with van der Waals surface area (Å²) in [6, 6.07) is 0. The summed E-state index contributed by atoms with van der Waals surface area (Å²) in [6.45, 7) is 15.0. The maximum absolute atomic E-state index is 8.63. The summed E-state index contributed by atoms with van der Waals surface area (Å²) < 4.78 is 10.3. The normalized spacial score (nSPS) is 17.0. The predicted octanol–water partition coefficient (Wildman–Crippen LogP) is 4.71. The van der Waals surface area contributed by atoms with E-state index in [1.807, 2.05) is 12.2 Å². The average Bonchev–Trinajstić information content (AvgIpc) is 2.39. The first-order valence-electron chi connectivity index (χ1n) is 7.22. The van der Waals surface area contributed by atoms with E-state index < -0.39 is 0 Å². The standard InChI is InChI=1S/C18H25NO2/c1-6-8-15(11-14(2)21-13-19)17(18(3,4)5)16-9-7-10-20-12-16/h6-7,9-10,15,17H,1-2,8,11-12H2,3-5H3. The first kappa shape index (κ1) is 17.1. The Morgan fingerprint density at radius 1 is 1.57 bits per heavy atom. The minimum Gasteiger partial charge on any atom is -0.497 e. The van der Waals surface area contributed by atoms with Gasteiger partial charge >= 0.3 is 0 Å². The molecule has 0 saturated carbocycles. The smallest absolute Gasteiger partial charge is 0.291 e. The highest BCUT2D eigenvalue weighted by atomic mass is 16.5. The summed E-state index contributed by atoms with van der Waals surface area (Å²) in [6.07, 6.45) is 10.9. The molecule has 0 fully saturated rings. The molecule has 1 aliphatic heterocycles. The lowest BCUT2D eigenvalue weighted by Gasteiger charge is -2.39. The van der Waals surface area contributed by atoms with Crippen molar-refractivity contribution in [2.45, 2.75) is 33.6 Å². The van der Waals surface area contributed by atoms with Gasteiger partial charge in [-0.25, -0.2) is 0 Å². The molecule has 0 saturated heterocycles. The van der Waals surface area contributed by atoms with Crippen LogP contribution in [0.4, 0.5) is 0 Å². The van der Waals surface area contributed by atoms with E-state index in [0.29, 0.717) is 24.7 Å². The zero-order valence-electron chi connectivity index (χ0n) is 13.3. The van der Waals surface area contributed by atoms with Crippen LogP contribution in [0.2, 0.25) is 0 Å². The van der Waals surface area contributed by atoms with E-state index in [1.165, 1.54) is 5.57 Å². The van der Waals surface area contributed by atoms with Crippen LogP contribution < -0.4 is 0 Å². The van der Waals surface area contributed by atoms with Crippen molar-refractivity contribution in [1.29, 1.82) is 5.26 Å². The molecule has 0 aromatic carbocycles. The fourth-order valence-corrected chi connectivity index (χ4v) is 3.12. The molecule has 2 unspecified atom stereocenters. The Balaban J connectivity index is 3.04. The number of nitriles is 1. The molecule has 0 radical (unpaired) electrons. The number of hydrogen-bond donors (Lipinski definition) is 0. The molecule has 1 rings (SSSR count). The third-order valence-corrected chi connectivity index (χ3v) is 3.69. The lowest BCUT2D eigenvalue weighted by atomic mass is 9.67. The van der Waals surface area contributed by atoms with E-state index in [4.69, 9.17) is 14.7 Å². The molecule has 0 aromatic heterocycles. The molecule has 0 spiro atoms. The van der Waals surface area contributed by atoms with E-state index in [2.05, 4.69) is 40.0 Å². The third kappa shape index (κ3) is 5.15. The molecule has 1 aliphatic rings. The molecule has 3 nitrogen and oxygen atoms in total. The van der Waals surface area contributed by atoms with Crippen LogP contribution in [0.25, 0.3) is 0 Å². The maximum Gasteiger partial charge on any atom is 0.291 e. The van der Waals surface area contributed by atoms with Crippen molar-refractivity contribution >= 4 is 0 Å². The van der Waals surface area contributed by atoms with Crippen LogP contribution in [0.5, 0.6) is 0 Å². The molecule has 0 N–H and O–H groups in total. The summed E-state index contributed by atoms with van der Waals surface area (Å²) in [5.74, 6) is 1.09. The van der Waals surface area contributed by atoms with Gasteiger partial charge in [-0.15, -0.1) is 11.8 Å². The van der Waals surface area contributed by atoms with Crippen molar-refractivity contribution in [2.75, 3.05) is 6.61 Å². The Kier molecular flexibility index (Phi) is 6.30. The second kappa shape index (κ2) is 7.73. The predicted molar refractivity (Wildman–Crippen MR) is 84.9 cm³/mol. The first-order chi connectivity index (χ1) is 9.90. The number of ether oxygens (including phenoxy) is 2. The van der Waals surface area contributed by atoms with Gasteiger partial charge in [0.1, 0.15) is 12.4 Å². The van der Waals surface area contributed by atoms with Gasteiger partial charge in [-0.05, 0) is 35.3 Å². The zero-order valence-corrected chi connectivity index (χ0v) is 13.3. The molecular formula is C18H25NO2. The molecule has 1 heterocycles. The number of hydrogen-bond acceptors (Lipinski definition) is 3. The van der Waals surface area contributed by atoms with Crippen LogP contribution in [0.3, 0.4) is 0 Å². The fourth-order valence-electron chi connectivity index (χ4n) is 3.12. The van der Waals surface area contributed by atoms with E-state index in [0.717, 1.165) is 6.42 Å². The van der Waals surface area contributed by atoms with Crippen molar-refractivity contribution in [3.63, 3.8) is 0 Å². The quantitative estimate of drug-likeness (QED) is 0.387. The molecule has 21 heavy (non-hydrogen) atoms. The summed E-state index contributed by atoms with van der Waals surface area (Å²) in [5, 5.41) is 8.63. The molecule has 0 aliphatic carbocycles. The van der Waals surface area contributed by atoms with Gasteiger partial charge in [0.15, 0.2) is 0 Å². The lowest BCUT2D eigenvalue weighted by molar-refractivity contribution is 0.153. The van der Waals surface area contributed by atoms with Crippen molar-refractivity contribution in [2.24, 2.45) is 17.3 Å². The van der Waals surface area contributed by atoms with Crippen LogP contribution >= 0.6 is 0 Å². The van der Waals surface area contributed by atoms with E-state index in [-0.39, 0.29) is 11.3 Å². The highest BCUT2D eigenvalue weighted by Gasteiger charge is 2.35. The Labute approximate surface area is 128 Å². The third-order valence-electron chi connectivity index (χ3n) is 3.69. The Hall–Kier alpha value is -1.95. The molecule has 3 heteroatoms. The molecule has 0 amide bonds. The topological polar surface area (TPSA) is 42.2 Å². The van der Waals surface area contributed by atoms with Crippen molar-refractivity contribution in [1.82, 2.24) is 0 Å². The van der Waals surface area contributed by atoms with Crippen LogP contribution in [0, 0.1) is 28.8 Å². The van der Waals surface area contributed by atoms with E-state index >= 15 is 0 Å². The van der Waals surface area contributed by atoms with Crippen molar-refractivity contribution in [3.05, 3.63) is 49.0 Å². The van der Waals surface area contributed by atoms with Gasteiger partial charge in [0, 0.05) is 6.42 Å². The Morgan fingerprint density at radius 2 is 2.29 bits per heavy atom. The van der Waals surface area contributed by atoms with E-state index in [1.54, 1.807) is 12.5 Å². The van der Waals surface area contributed by atoms with Gasteiger partial charge in [0.2, 0.25) is 0 Å². The minimum atomic E-state index is 0.0704. The van der Waals surface area contributed by atoms with Gasteiger partial charge in [-0.3, -0.25) is 0 Å². The first-order valence-corrected chi connectivity index (χ1v) is 7.22. The Bertz CT molecular complexity index is 474. The summed E-state index contributed by atoms with van der Waals surface area (Å²) in [5.41, 5.74) is 1.34. The second-order valence-electron chi connectivity index (χ2n) is 6.45. The summed E-state index contributed by atoms with van der Waals surface area (Å²) in [4.78, 5) is 0. The van der Waals surface area contributed by atoms with Crippen molar-refractivity contribution < 1.29 is 9.47 Å². The van der Waals surface area contributed by atoms with Gasteiger partial charge in [-0.1, -0.05) is 39.5 Å². The zero-order chi connectivity index (χ0) is 15.9. The lowest BCUT2D eigenvalue weighted by Crippen LogP contribution is -2.32. The second-order valence-corrected chi connectivity index (χ2v) is 6.45. The van der Waals surface area contributed by atoms with Gasteiger partial charge < -0.3 is 9.47 Å². The number of nitrogens with zero attached hydrogens (tertiary/aromatic N) is 1. The number of rotatable bonds is 7. The maximum atomic E-state index is 8.63. The minimum absolute atomic E-state index is 0.0704. The van der Waals surface area contributed by atoms with Gasteiger partial charge in [0.25, 0.3) is 6.26 Å². The Morgan fingerprint density at radius 3 is 2.76 bits per heavy atom. The SMILES string of the molecule is C=CCC(CC(=C)OC#N)C(C1=CC=COC1)C(C)(C)C. The fraction of sp³-hybridized carbons (Fsp3) is 0.500. The molecule has 0 bridgehead atoms.